The van der Waals surface area contributed by atoms with E-state index in [0.29, 0.717) is 30.9 Å². The van der Waals surface area contributed by atoms with E-state index in [9.17, 15) is 8.63 Å². The summed E-state index contributed by atoms with van der Waals surface area (Å²) < 4.78 is 28.8. The summed E-state index contributed by atoms with van der Waals surface area (Å²) in [6, 6.07) is 1.83. The summed E-state index contributed by atoms with van der Waals surface area (Å²) in [5, 5.41) is 0. The van der Waals surface area contributed by atoms with Crippen molar-refractivity contribution in [3.05, 3.63) is 40.4 Å². The molecule has 0 saturated heterocycles. The molecule has 2 rings (SSSR count). The fourth-order valence-corrected chi connectivity index (χ4v) is 4.12. The predicted octanol–water partition coefficient (Wildman–Crippen LogP) is 3.40. The summed E-state index contributed by atoms with van der Waals surface area (Å²) in [7, 11) is -2.57. The van der Waals surface area contributed by atoms with Gasteiger partial charge in [-0.25, -0.2) is 0 Å². The van der Waals surface area contributed by atoms with E-state index < -0.39 is 7.40 Å². The third-order valence-electron chi connectivity index (χ3n) is 5.32. The van der Waals surface area contributed by atoms with Crippen LogP contribution in [-0.4, -0.2) is 55.2 Å². The van der Waals surface area contributed by atoms with Crippen LogP contribution in [0.4, 0.5) is 8.63 Å². The number of aromatic nitrogens is 1. The van der Waals surface area contributed by atoms with Gasteiger partial charge in [-0.3, -0.25) is 13.6 Å². The number of allylic oxidation sites excluding steroid dienone is 3. The zero-order valence-electron chi connectivity index (χ0n) is 18.1. The molecule has 1 aromatic rings. The van der Waals surface area contributed by atoms with Crippen molar-refractivity contribution in [1.82, 2.24) is 9.38 Å². The van der Waals surface area contributed by atoms with Crippen molar-refractivity contribution in [3.8, 4) is 0 Å². The summed E-state index contributed by atoms with van der Waals surface area (Å²) in [5.41, 5.74) is 17.1. The van der Waals surface area contributed by atoms with Crippen LogP contribution in [0.3, 0.4) is 0 Å². The molecule has 29 heavy (non-hydrogen) atoms. The van der Waals surface area contributed by atoms with Gasteiger partial charge in [-0.1, -0.05) is 0 Å². The Bertz CT molecular complexity index is 789. The summed E-state index contributed by atoms with van der Waals surface area (Å²) in [5.74, 6) is 0. The van der Waals surface area contributed by atoms with E-state index in [1.807, 2.05) is 32.9 Å². The Kier molecular flexibility index (Phi) is 8.80. The highest BCUT2D eigenvalue weighted by Gasteiger charge is 2.28. The van der Waals surface area contributed by atoms with Crippen LogP contribution in [0.5, 0.6) is 0 Å². The molecule has 0 amide bonds. The third-order valence-corrected chi connectivity index (χ3v) is 5.32. The number of unbranched alkanes of at least 4 members (excludes halogenated alkanes) is 1. The number of aliphatic imine (C=N–C) groups is 1. The molecule has 1 aliphatic heterocycles. The maximum absolute atomic E-state index is 13.8. The van der Waals surface area contributed by atoms with Crippen molar-refractivity contribution in [2.24, 2.45) is 16.5 Å². The predicted molar refractivity (Wildman–Crippen MR) is 119 cm³/mol. The van der Waals surface area contributed by atoms with E-state index in [1.54, 1.807) is 6.92 Å². The number of hydrogen-bond donors (Lipinski definition) is 2. The van der Waals surface area contributed by atoms with Gasteiger partial charge in [0.1, 0.15) is 0 Å². The molecule has 5 nitrogen and oxygen atoms in total. The standard InChI is InChI=1S/C21H34BF2N5/c1-15-13-17(3)27-20(15)19(7-5-6-10-28(11-8-25)12-9-26)21-16(2)14-18(4)29(21)22(23)24/h13-14H,5-12,25-26H2,1-4H3/b20-19-. The van der Waals surface area contributed by atoms with Gasteiger partial charge in [-0.15, -0.1) is 0 Å². The molecule has 0 aliphatic carbocycles. The van der Waals surface area contributed by atoms with Gasteiger partial charge in [-0.2, -0.15) is 0 Å². The molecule has 0 radical (unpaired) electrons. The van der Waals surface area contributed by atoms with Crippen LogP contribution in [0.1, 0.15) is 50.1 Å². The second kappa shape index (κ2) is 10.9. The molecular weight excluding hydrogens is 371 g/mol. The highest BCUT2D eigenvalue weighted by Crippen LogP contribution is 2.35. The third kappa shape index (κ3) is 5.87. The summed E-state index contributed by atoms with van der Waals surface area (Å²) in [6.07, 6.45) is 4.56. The minimum Gasteiger partial charge on any atom is -0.329 e. The fraction of sp³-hybridized carbons (Fsp3) is 0.571. The van der Waals surface area contributed by atoms with Crippen molar-refractivity contribution >= 4 is 18.7 Å². The lowest BCUT2D eigenvalue weighted by Crippen LogP contribution is -2.34. The van der Waals surface area contributed by atoms with Crippen LogP contribution >= 0.6 is 0 Å². The van der Waals surface area contributed by atoms with Crippen LogP contribution in [-0.2, 0) is 0 Å². The molecule has 4 N–H and O–H groups in total. The molecule has 1 aliphatic rings. The van der Waals surface area contributed by atoms with Gasteiger partial charge < -0.3 is 20.8 Å². The highest BCUT2D eigenvalue weighted by molar-refractivity contribution is 6.41. The summed E-state index contributed by atoms with van der Waals surface area (Å²) >= 11 is 0. The minimum absolute atomic E-state index is 0.572. The normalized spacial score (nSPS) is 15.8. The number of aryl methyl sites for hydroxylation is 2. The van der Waals surface area contributed by atoms with Gasteiger partial charge in [0, 0.05) is 48.9 Å². The van der Waals surface area contributed by atoms with E-state index in [-0.39, 0.29) is 0 Å². The SMILES string of the molecule is CC1=CC(C)=N/C1=C(/CCCCN(CCN)CCN)c1c(C)cc(C)n1B(F)F. The van der Waals surface area contributed by atoms with E-state index in [2.05, 4.69) is 9.89 Å². The van der Waals surface area contributed by atoms with Gasteiger partial charge in [0.25, 0.3) is 0 Å². The van der Waals surface area contributed by atoms with E-state index in [1.165, 1.54) is 0 Å². The van der Waals surface area contributed by atoms with Crippen LogP contribution < -0.4 is 11.5 Å². The topological polar surface area (TPSA) is 72.6 Å². The van der Waals surface area contributed by atoms with Crippen molar-refractivity contribution < 1.29 is 8.63 Å². The molecule has 8 heteroatoms. The molecule has 0 atom stereocenters. The van der Waals surface area contributed by atoms with Crippen molar-refractivity contribution in [1.29, 1.82) is 0 Å². The van der Waals surface area contributed by atoms with E-state index in [0.717, 1.165) is 65.1 Å². The Balaban J connectivity index is 2.29. The van der Waals surface area contributed by atoms with Gasteiger partial charge in [0.05, 0.1) is 5.70 Å². The summed E-state index contributed by atoms with van der Waals surface area (Å²) in [6.45, 7) is 11.3. The second-order valence-corrected chi connectivity index (χ2v) is 7.75. The average molecular weight is 405 g/mol. The fourth-order valence-electron chi connectivity index (χ4n) is 4.12. The van der Waals surface area contributed by atoms with E-state index in [4.69, 9.17) is 11.5 Å². The Labute approximate surface area is 173 Å². The maximum atomic E-state index is 13.8. The van der Waals surface area contributed by atoms with Crippen molar-refractivity contribution in [2.75, 3.05) is 32.7 Å². The first-order valence-electron chi connectivity index (χ1n) is 10.4. The molecule has 0 unspecified atom stereocenters. The molecule has 2 heterocycles. The monoisotopic (exact) mass is 405 g/mol. The zero-order chi connectivity index (χ0) is 21.6. The van der Waals surface area contributed by atoms with Crippen LogP contribution in [0.2, 0.25) is 0 Å². The first-order chi connectivity index (χ1) is 13.8. The minimum atomic E-state index is -2.57. The lowest BCUT2D eigenvalue weighted by atomic mass is 9.96. The lowest BCUT2D eigenvalue weighted by molar-refractivity contribution is 0.283. The second-order valence-electron chi connectivity index (χ2n) is 7.75. The van der Waals surface area contributed by atoms with Crippen LogP contribution in [0.15, 0.2) is 28.4 Å². The smallest absolute Gasteiger partial charge is 0.329 e. The first kappa shape index (κ1) is 23.5. The molecular formula is C21H34BF2N5. The van der Waals surface area contributed by atoms with Crippen molar-refractivity contribution in [3.63, 3.8) is 0 Å². The maximum Gasteiger partial charge on any atom is 0.677 e. The Morgan fingerprint density at radius 1 is 1.07 bits per heavy atom. The quantitative estimate of drug-likeness (QED) is 0.438. The van der Waals surface area contributed by atoms with E-state index >= 15 is 0 Å². The number of halogens is 2. The summed E-state index contributed by atoms with van der Waals surface area (Å²) in [4.78, 5) is 6.93. The molecule has 0 saturated carbocycles. The van der Waals surface area contributed by atoms with Crippen molar-refractivity contribution in [2.45, 2.75) is 47.0 Å². The number of nitrogens with two attached hydrogens (primary N) is 2. The number of rotatable bonds is 11. The zero-order valence-corrected chi connectivity index (χ0v) is 18.1. The Morgan fingerprint density at radius 3 is 2.24 bits per heavy atom. The van der Waals surface area contributed by atoms with Crippen LogP contribution in [0, 0.1) is 13.8 Å². The number of hydrogen-bond acceptors (Lipinski definition) is 4. The van der Waals surface area contributed by atoms with Gasteiger partial charge in [0.2, 0.25) is 0 Å². The molecule has 160 valence electrons. The lowest BCUT2D eigenvalue weighted by Gasteiger charge is -2.21. The van der Waals surface area contributed by atoms with Crippen LogP contribution in [0.25, 0.3) is 5.57 Å². The molecule has 0 aromatic carbocycles. The van der Waals surface area contributed by atoms with Gasteiger partial charge >= 0.3 is 7.40 Å². The Morgan fingerprint density at radius 2 is 1.72 bits per heavy atom. The first-order valence-corrected chi connectivity index (χ1v) is 10.4. The van der Waals surface area contributed by atoms with Gasteiger partial charge in [0.15, 0.2) is 0 Å². The highest BCUT2D eigenvalue weighted by atomic mass is 19.2. The Hall–Kier alpha value is -1.77. The molecule has 0 bridgehead atoms. The largest absolute Gasteiger partial charge is 0.677 e. The number of nitrogens with zero attached hydrogens (tertiary/aromatic N) is 3. The molecule has 0 fully saturated rings. The molecule has 1 aromatic heterocycles. The van der Waals surface area contributed by atoms with Gasteiger partial charge in [-0.05, 0) is 76.8 Å². The average Bonchev–Trinajstić information content (AvgIpc) is 3.13. The molecule has 0 spiro atoms.